The summed E-state index contributed by atoms with van der Waals surface area (Å²) in [6.07, 6.45) is 52.4. The van der Waals surface area contributed by atoms with Crippen LogP contribution in [0.4, 0.5) is 0 Å². The molecule has 0 spiro atoms. The summed E-state index contributed by atoms with van der Waals surface area (Å²) in [5.41, 5.74) is 0. The molecule has 0 aromatic rings. The highest BCUT2D eigenvalue weighted by atomic mass is 16.7. The first-order chi connectivity index (χ1) is 32.3. The Hall–Kier alpha value is -1.33. The molecule has 6 N–H and O–H groups in total. The van der Waals surface area contributed by atoms with Gasteiger partial charge in [0.1, 0.15) is 24.4 Å². The predicted molar refractivity (Wildman–Crippen MR) is 277 cm³/mol. The summed E-state index contributed by atoms with van der Waals surface area (Å²) in [6, 6.07) is -0.818. The van der Waals surface area contributed by atoms with Crippen LogP contribution in [0.15, 0.2) is 24.3 Å². The third-order valence-corrected chi connectivity index (χ3v) is 13.8. The van der Waals surface area contributed by atoms with Gasteiger partial charge in [-0.3, -0.25) is 4.79 Å². The third kappa shape index (κ3) is 36.6. The van der Waals surface area contributed by atoms with E-state index in [0.717, 1.165) is 38.5 Å². The zero-order valence-electron chi connectivity index (χ0n) is 43.2. The van der Waals surface area contributed by atoms with Gasteiger partial charge in [0, 0.05) is 6.42 Å². The predicted octanol–water partition coefficient (Wildman–Crippen LogP) is 13.8. The highest BCUT2D eigenvalue weighted by Gasteiger charge is 2.44. The van der Waals surface area contributed by atoms with Crippen molar-refractivity contribution in [2.75, 3.05) is 13.2 Å². The fourth-order valence-corrected chi connectivity index (χ4v) is 9.23. The van der Waals surface area contributed by atoms with E-state index >= 15 is 0 Å². The van der Waals surface area contributed by atoms with E-state index in [9.17, 15) is 30.3 Å². The monoisotopic (exact) mass is 936 g/mol. The van der Waals surface area contributed by atoms with Crippen molar-refractivity contribution >= 4 is 5.91 Å². The highest BCUT2D eigenvalue weighted by molar-refractivity contribution is 5.76. The van der Waals surface area contributed by atoms with Crippen LogP contribution in [0.1, 0.15) is 277 Å². The molecule has 66 heavy (non-hydrogen) atoms. The average Bonchev–Trinajstić information content (AvgIpc) is 3.32. The van der Waals surface area contributed by atoms with Crippen LogP contribution in [0.25, 0.3) is 0 Å². The van der Waals surface area contributed by atoms with E-state index in [0.29, 0.717) is 6.42 Å². The number of ether oxygens (including phenoxy) is 2. The molecular formula is C57H109NO8. The summed E-state index contributed by atoms with van der Waals surface area (Å²) in [7, 11) is 0. The maximum absolute atomic E-state index is 13.0. The van der Waals surface area contributed by atoms with Gasteiger partial charge in [-0.25, -0.2) is 0 Å². The molecule has 0 saturated carbocycles. The fourth-order valence-electron chi connectivity index (χ4n) is 9.23. The lowest BCUT2D eigenvalue weighted by Gasteiger charge is -2.40. The number of aliphatic hydroxyl groups excluding tert-OH is 5. The van der Waals surface area contributed by atoms with Crippen LogP contribution < -0.4 is 5.32 Å². The van der Waals surface area contributed by atoms with Crippen LogP contribution in [0.2, 0.25) is 0 Å². The van der Waals surface area contributed by atoms with Crippen LogP contribution >= 0.6 is 0 Å². The standard InChI is InChI=1S/C57H109NO8/c1-3-5-7-9-11-13-15-17-19-21-23-24-25-26-27-29-30-32-34-36-38-40-42-44-46-51(60)50(49-65-57-56(64)55(63)54(62)52(48-59)66-57)58-53(61)47-45-43-41-39-37-35-33-31-28-22-20-18-16-14-12-10-8-6-4-2/h36,38,44,46,50-52,54-57,59-60,62-64H,3-35,37,39-43,45,47-49H2,1-2H3,(H,58,61)/b38-36+,46-44+. The lowest BCUT2D eigenvalue weighted by molar-refractivity contribution is -0.302. The zero-order chi connectivity index (χ0) is 48.0. The smallest absolute Gasteiger partial charge is 0.220 e. The molecule has 1 heterocycles. The average molecular weight is 936 g/mol. The number of unbranched alkanes of at least 4 members (excludes halogenated alkanes) is 37. The van der Waals surface area contributed by atoms with Crippen LogP contribution in [0.5, 0.6) is 0 Å². The summed E-state index contributed by atoms with van der Waals surface area (Å²) >= 11 is 0. The molecule has 0 bridgehead atoms. The third-order valence-electron chi connectivity index (χ3n) is 13.8. The van der Waals surface area contributed by atoms with Gasteiger partial charge in [0.25, 0.3) is 0 Å². The van der Waals surface area contributed by atoms with Gasteiger partial charge in [-0.1, -0.05) is 263 Å². The van der Waals surface area contributed by atoms with Crippen molar-refractivity contribution in [2.24, 2.45) is 0 Å². The lowest BCUT2D eigenvalue weighted by Crippen LogP contribution is -2.60. The van der Waals surface area contributed by atoms with Gasteiger partial charge in [-0.15, -0.1) is 0 Å². The number of nitrogens with one attached hydrogen (secondary N) is 1. The number of carbonyl (C=O) groups is 1. The Balaban J connectivity index is 2.25. The summed E-state index contributed by atoms with van der Waals surface area (Å²) in [5.74, 6) is -0.181. The molecule has 9 heteroatoms. The van der Waals surface area contributed by atoms with Crippen molar-refractivity contribution in [3.63, 3.8) is 0 Å². The van der Waals surface area contributed by atoms with Crippen molar-refractivity contribution in [1.29, 1.82) is 0 Å². The molecule has 1 aliphatic heterocycles. The molecular weight excluding hydrogens is 827 g/mol. The maximum Gasteiger partial charge on any atom is 0.220 e. The highest BCUT2D eigenvalue weighted by Crippen LogP contribution is 2.23. The number of hydrogen-bond donors (Lipinski definition) is 6. The minimum atomic E-state index is -1.57. The molecule has 0 radical (unpaired) electrons. The van der Waals surface area contributed by atoms with E-state index < -0.39 is 49.5 Å². The SMILES string of the molecule is CCCCCCCCCCCCCCCCCCCC/C=C/CC/C=C/C(O)C(COC1OC(CO)C(O)C(O)C1O)NC(=O)CCCCCCCCCCCCCCCCCCCCC. The first-order valence-corrected chi connectivity index (χ1v) is 28.6. The molecule has 0 aliphatic carbocycles. The first kappa shape index (κ1) is 62.7. The largest absolute Gasteiger partial charge is 0.394 e. The van der Waals surface area contributed by atoms with Crippen LogP contribution in [-0.2, 0) is 14.3 Å². The van der Waals surface area contributed by atoms with Gasteiger partial charge >= 0.3 is 0 Å². The maximum atomic E-state index is 13.0. The number of carbonyl (C=O) groups excluding carboxylic acids is 1. The van der Waals surface area contributed by atoms with Gasteiger partial charge < -0.3 is 40.3 Å². The number of rotatable bonds is 49. The Bertz CT molecular complexity index is 1090. The van der Waals surface area contributed by atoms with Crippen molar-refractivity contribution in [1.82, 2.24) is 5.32 Å². The number of aliphatic hydroxyl groups is 5. The van der Waals surface area contributed by atoms with Crippen LogP contribution in [0.3, 0.4) is 0 Å². The molecule has 390 valence electrons. The van der Waals surface area contributed by atoms with Crippen molar-refractivity contribution in [3.8, 4) is 0 Å². The van der Waals surface area contributed by atoms with Crippen molar-refractivity contribution in [2.45, 2.75) is 320 Å². The minimum Gasteiger partial charge on any atom is -0.394 e. The van der Waals surface area contributed by atoms with Gasteiger partial charge in [0.2, 0.25) is 5.91 Å². The Kier molecular flexibility index (Phi) is 45.0. The number of amides is 1. The van der Waals surface area contributed by atoms with E-state index in [-0.39, 0.29) is 12.5 Å². The summed E-state index contributed by atoms with van der Waals surface area (Å²) < 4.78 is 11.3. The lowest BCUT2D eigenvalue weighted by atomic mass is 9.99. The van der Waals surface area contributed by atoms with E-state index in [2.05, 4.69) is 31.3 Å². The Morgan fingerprint density at radius 2 is 0.864 bits per heavy atom. The quantitative estimate of drug-likeness (QED) is 0.0261. The normalized spacial score (nSPS) is 19.9. The number of hydrogen-bond acceptors (Lipinski definition) is 8. The van der Waals surface area contributed by atoms with Crippen molar-refractivity contribution in [3.05, 3.63) is 24.3 Å². The summed E-state index contributed by atoms with van der Waals surface area (Å²) in [4.78, 5) is 13.0. The Morgan fingerprint density at radius 1 is 0.500 bits per heavy atom. The summed E-state index contributed by atoms with van der Waals surface area (Å²) in [6.45, 7) is 3.80. The molecule has 1 rings (SSSR count). The second-order valence-electron chi connectivity index (χ2n) is 20.1. The van der Waals surface area contributed by atoms with Gasteiger partial charge in [-0.05, 0) is 32.1 Å². The molecule has 0 aromatic heterocycles. The van der Waals surface area contributed by atoms with E-state index in [4.69, 9.17) is 9.47 Å². The molecule has 1 amide bonds. The zero-order valence-corrected chi connectivity index (χ0v) is 43.2. The van der Waals surface area contributed by atoms with E-state index in [1.165, 1.54) is 218 Å². The summed E-state index contributed by atoms with van der Waals surface area (Å²) in [5, 5.41) is 54.5. The second-order valence-corrected chi connectivity index (χ2v) is 20.1. The molecule has 7 unspecified atom stereocenters. The molecule has 1 aliphatic rings. The van der Waals surface area contributed by atoms with Gasteiger partial charge in [-0.2, -0.15) is 0 Å². The number of allylic oxidation sites excluding steroid dienone is 3. The van der Waals surface area contributed by atoms with E-state index in [1.807, 2.05) is 6.08 Å². The Labute approximate surface area is 407 Å². The first-order valence-electron chi connectivity index (χ1n) is 28.6. The molecule has 9 nitrogen and oxygen atoms in total. The van der Waals surface area contributed by atoms with Gasteiger partial charge in [0.15, 0.2) is 6.29 Å². The van der Waals surface area contributed by atoms with Crippen LogP contribution in [0, 0.1) is 0 Å². The molecule has 1 fully saturated rings. The second kappa shape index (κ2) is 47.4. The topological polar surface area (TPSA) is 149 Å². The Morgan fingerprint density at radius 3 is 1.27 bits per heavy atom. The van der Waals surface area contributed by atoms with Crippen molar-refractivity contribution < 1.29 is 39.8 Å². The van der Waals surface area contributed by atoms with E-state index in [1.54, 1.807) is 6.08 Å². The molecule has 1 saturated heterocycles. The molecule has 0 aromatic carbocycles. The fraction of sp³-hybridized carbons (Fsp3) is 0.912. The van der Waals surface area contributed by atoms with Gasteiger partial charge in [0.05, 0.1) is 25.4 Å². The minimum absolute atomic E-state index is 0.181. The van der Waals surface area contributed by atoms with Crippen LogP contribution in [-0.4, -0.2) is 87.5 Å². The molecule has 7 atom stereocenters.